The molecule has 4 atom stereocenters. The van der Waals surface area contributed by atoms with Crippen molar-refractivity contribution in [1.82, 2.24) is 24.8 Å². The first-order chi connectivity index (χ1) is 15.8. The van der Waals surface area contributed by atoms with E-state index in [1.54, 1.807) is 24.5 Å². The van der Waals surface area contributed by atoms with Gasteiger partial charge in [0.1, 0.15) is 0 Å². The molecule has 2 aliphatic rings. The second kappa shape index (κ2) is 8.09. The quantitative estimate of drug-likeness (QED) is 0.640. The molecule has 1 aliphatic carbocycles. The van der Waals surface area contributed by atoms with Crippen LogP contribution in [0.25, 0.3) is 11.4 Å². The molecule has 33 heavy (non-hydrogen) atoms. The Morgan fingerprint density at radius 3 is 2.39 bits per heavy atom. The van der Waals surface area contributed by atoms with Crippen molar-refractivity contribution in [1.29, 1.82) is 0 Å². The number of hydrogen-bond acceptors (Lipinski definition) is 6. The fourth-order valence-corrected chi connectivity index (χ4v) is 4.93. The van der Waals surface area contributed by atoms with Crippen LogP contribution in [0, 0.1) is 5.92 Å². The van der Waals surface area contributed by atoms with E-state index in [9.17, 15) is 18.0 Å². The molecule has 0 radical (unpaired) electrons. The van der Waals surface area contributed by atoms with E-state index in [0.29, 0.717) is 17.0 Å². The maximum absolute atomic E-state index is 13.7. The lowest BCUT2D eigenvalue weighted by Crippen LogP contribution is -2.51. The number of carbonyl (C=O) groups excluding carboxylic acids is 1. The number of carbonyl (C=O) groups is 1. The number of rotatable bonds is 4. The first-order valence-electron chi connectivity index (χ1n) is 10.7. The maximum atomic E-state index is 13.7. The van der Waals surface area contributed by atoms with Crippen molar-refractivity contribution in [3.05, 3.63) is 66.2 Å². The standard InChI is InChI=1S/C23H21F3N6O/c1-13-14-9-18(31-22-29-11-15(12-30-22)23(24,25)26)19(10-14)32(13)21(33)17-6-3-2-5-16(17)20-27-7-4-8-28-20/h2-8,11-14,18-19H,9-10H2,1H3,(H,29,30,31)/t13-,14-,18-,19+/m1/s1. The van der Waals surface area contributed by atoms with E-state index < -0.39 is 11.7 Å². The zero-order valence-corrected chi connectivity index (χ0v) is 17.7. The lowest BCUT2D eigenvalue weighted by Gasteiger charge is -2.38. The van der Waals surface area contributed by atoms with Crippen LogP contribution in [0.15, 0.2) is 55.1 Å². The average molecular weight is 454 g/mol. The van der Waals surface area contributed by atoms with E-state index >= 15 is 0 Å². The largest absolute Gasteiger partial charge is 0.419 e. The van der Waals surface area contributed by atoms with E-state index in [1.807, 2.05) is 30.0 Å². The third kappa shape index (κ3) is 3.90. The van der Waals surface area contributed by atoms with Gasteiger partial charge in [0.25, 0.3) is 5.91 Å². The van der Waals surface area contributed by atoms with Crippen LogP contribution in [0.4, 0.5) is 19.1 Å². The summed E-state index contributed by atoms with van der Waals surface area (Å²) in [6.45, 7) is 2.04. The highest BCUT2D eigenvalue weighted by Crippen LogP contribution is 2.44. The number of piperidine rings is 1. The first-order valence-corrected chi connectivity index (χ1v) is 10.7. The molecule has 170 valence electrons. The second-order valence-corrected chi connectivity index (χ2v) is 8.41. The van der Waals surface area contributed by atoms with Crippen molar-refractivity contribution in [3.63, 3.8) is 0 Å². The zero-order chi connectivity index (χ0) is 23.2. The number of nitrogens with zero attached hydrogens (tertiary/aromatic N) is 5. The number of nitrogens with one attached hydrogen (secondary N) is 1. The predicted molar refractivity (Wildman–Crippen MR) is 114 cm³/mol. The Hall–Kier alpha value is -3.56. The summed E-state index contributed by atoms with van der Waals surface area (Å²) in [7, 11) is 0. The monoisotopic (exact) mass is 454 g/mol. The number of likely N-dealkylation sites (tertiary alicyclic amines) is 1. The normalized spacial score (nSPS) is 24.2. The van der Waals surface area contributed by atoms with E-state index in [0.717, 1.165) is 25.2 Å². The van der Waals surface area contributed by atoms with Crippen molar-refractivity contribution in [3.8, 4) is 11.4 Å². The molecular weight excluding hydrogens is 433 g/mol. The average Bonchev–Trinajstić information content (AvgIpc) is 3.36. The third-order valence-corrected chi connectivity index (χ3v) is 6.54. The third-order valence-electron chi connectivity index (χ3n) is 6.54. The molecule has 7 nitrogen and oxygen atoms in total. The van der Waals surface area contributed by atoms with Gasteiger partial charge in [0.05, 0.1) is 17.2 Å². The van der Waals surface area contributed by atoms with Crippen molar-refractivity contribution < 1.29 is 18.0 Å². The number of halogens is 3. The van der Waals surface area contributed by atoms with Crippen LogP contribution in [0.3, 0.4) is 0 Å². The summed E-state index contributed by atoms with van der Waals surface area (Å²) in [4.78, 5) is 31.8. The molecule has 1 aromatic carbocycles. The number of alkyl halides is 3. The van der Waals surface area contributed by atoms with Gasteiger partial charge in [-0.15, -0.1) is 0 Å². The number of aromatic nitrogens is 4. The molecule has 1 aliphatic heterocycles. The van der Waals surface area contributed by atoms with Gasteiger partial charge in [0, 0.05) is 42.4 Å². The van der Waals surface area contributed by atoms with E-state index in [2.05, 4.69) is 25.3 Å². The minimum Gasteiger partial charge on any atom is -0.349 e. The minimum atomic E-state index is -4.49. The zero-order valence-electron chi connectivity index (χ0n) is 17.7. The fourth-order valence-electron chi connectivity index (χ4n) is 4.93. The predicted octanol–water partition coefficient (Wildman–Crippen LogP) is 4.06. The van der Waals surface area contributed by atoms with Crippen LogP contribution in [-0.4, -0.2) is 48.9 Å². The van der Waals surface area contributed by atoms with Gasteiger partial charge in [-0.25, -0.2) is 19.9 Å². The SMILES string of the molecule is C[C@@H]1[C@@H]2C[C@@H](Nc3ncc(C(F)(F)F)cn3)[C@H](C2)N1C(=O)c1ccccc1-c1ncccn1. The summed E-state index contributed by atoms with van der Waals surface area (Å²) in [6, 6.07) is 8.74. The topological polar surface area (TPSA) is 83.9 Å². The van der Waals surface area contributed by atoms with Crippen LogP contribution < -0.4 is 5.32 Å². The van der Waals surface area contributed by atoms with Crippen molar-refractivity contribution in [2.75, 3.05) is 5.32 Å². The van der Waals surface area contributed by atoms with Crippen molar-refractivity contribution in [2.24, 2.45) is 5.92 Å². The summed E-state index contributed by atoms with van der Waals surface area (Å²) < 4.78 is 38.4. The smallest absolute Gasteiger partial charge is 0.349 e. The van der Waals surface area contributed by atoms with Crippen LogP contribution >= 0.6 is 0 Å². The summed E-state index contributed by atoms with van der Waals surface area (Å²) in [5.74, 6) is 0.772. The van der Waals surface area contributed by atoms with Crippen LogP contribution in [0.2, 0.25) is 0 Å². The molecule has 1 saturated carbocycles. The van der Waals surface area contributed by atoms with Gasteiger partial charge in [0.15, 0.2) is 5.82 Å². The van der Waals surface area contributed by atoms with E-state index in [4.69, 9.17) is 0 Å². The van der Waals surface area contributed by atoms with Crippen molar-refractivity contribution in [2.45, 2.75) is 44.1 Å². The van der Waals surface area contributed by atoms with Gasteiger partial charge in [-0.3, -0.25) is 4.79 Å². The molecule has 0 spiro atoms. The molecule has 5 rings (SSSR count). The molecule has 10 heteroatoms. The number of hydrogen-bond donors (Lipinski definition) is 1. The van der Waals surface area contributed by atoms with Crippen LogP contribution in [-0.2, 0) is 6.18 Å². The number of anilines is 1. The van der Waals surface area contributed by atoms with Crippen LogP contribution in [0.1, 0.15) is 35.7 Å². The Morgan fingerprint density at radius 1 is 1.03 bits per heavy atom. The number of fused-ring (bicyclic) bond motifs is 2. The number of benzene rings is 1. The molecule has 3 heterocycles. The van der Waals surface area contributed by atoms with Gasteiger partial charge in [-0.2, -0.15) is 13.2 Å². The molecule has 0 unspecified atom stereocenters. The Balaban J connectivity index is 1.39. The van der Waals surface area contributed by atoms with Gasteiger partial charge < -0.3 is 10.2 Å². The molecule has 1 saturated heterocycles. The van der Waals surface area contributed by atoms with E-state index in [1.165, 1.54) is 0 Å². The first kappa shape index (κ1) is 21.3. The summed E-state index contributed by atoms with van der Waals surface area (Å²) in [5.41, 5.74) is 0.285. The van der Waals surface area contributed by atoms with Crippen molar-refractivity contribution >= 4 is 11.9 Å². The molecule has 2 bridgehead atoms. The Bertz CT molecular complexity index is 1150. The second-order valence-electron chi connectivity index (χ2n) is 8.41. The maximum Gasteiger partial charge on any atom is 0.419 e. The molecule has 1 N–H and O–H groups in total. The molecule has 2 fully saturated rings. The van der Waals surface area contributed by atoms with Gasteiger partial charge in [-0.05, 0) is 37.8 Å². The summed E-state index contributed by atoms with van der Waals surface area (Å²) in [6.07, 6.45) is 1.93. The molecule has 3 aromatic rings. The number of amides is 1. The van der Waals surface area contributed by atoms with Gasteiger partial charge >= 0.3 is 6.18 Å². The summed E-state index contributed by atoms with van der Waals surface area (Å²) in [5, 5.41) is 3.15. The van der Waals surface area contributed by atoms with Crippen LogP contribution in [0.5, 0.6) is 0 Å². The highest BCUT2D eigenvalue weighted by atomic mass is 19.4. The molecule has 2 aromatic heterocycles. The highest BCUT2D eigenvalue weighted by molar-refractivity contribution is 6.00. The Morgan fingerprint density at radius 2 is 1.73 bits per heavy atom. The molecule has 1 amide bonds. The Kier molecular flexibility index (Phi) is 5.22. The lowest BCUT2D eigenvalue weighted by atomic mass is 9.96. The molecular formula is C23H21F3N6O. The van der Waals surface area contributed by atoms with Gasteiger partial charge in [-0.1, -0.05) is 18.2 Å². The highest BCUT2D eigenvalue weighted by Gasteiger charge is 2.51. The summed E-state index contributed by atoms with van der Waals surface area (Å²) >= 11 is 0. The lowest BCUT2D eigenvalue weighted by molar-refractivity contribution is -0.138. The Labute approximate surface area is 188 Å². The van der Waals surface area contributed by atoms with E-state index in [-0.39, 0.29) is 35.9 Å². The fraction of sp³-hybridized carbons (Fsp3) is 0.348. The van der Waals surface area contributed by atoms with Gasteiger partial charge in [0.2, 0.25) is 5.95 Å². The minimum absolute atomic E-state index is 0.0406.